The van der Waals surface area contributed by atoms with E-state index < -0.39 is 17.7 Å². The molecule has 0 fully saturated rings. The fourth-order valence-corrected chi connectivity index (χ4v) is 3.81. The molecule has 5 nitrogen and oxygen atoms in total. The van der Waals surface area contributed by atoms with Gasteiger partial charge in [0.15, 0.2) is 11.5 Å². The number of unbranched alkanes of at least 4 members (excludes halogenated alkanes) is 1. The van der Waals surface area contributed by atoms with Crippen molar-refractivity contribution in [1.29, 1.82) is 0 Å². The second-order valence-corrected chi connectivity index (χ2v) is 7.60. The standard InChI is InChI=1S/C26H29NO4/c1-3-5-16-27-24(20-12-9-13-21(18-20)31-17-4-2)23(25(29)26(27)30)22(28)15-14-19-10-7-6-8-11-19/h4,6-13,18,24,29H,2-3,5,14-17H2,1H3. The largest absolute Gasteiger partial charge is 0.503 e. The van der Waals surface area contributed by atoms with Gasteiger partial charge in [0, 0.05) is 13.0 Å². The van der Waals surface area contributed by atoms with E-state index in [1.54, 1.807) is 11.0 Å². The van der Waals surface area contributed by atoms with Crippen LogP contribution in [0.25, 0.3) is 0 Å². The summed E-state index contributed by atoms with van der Waals surface area (Å²) in [7, 11) is 0. The number of ketones is 1. The van der Waals surface area contributed by atoms with Crippen LogP contribution in [0.5, 0.6) is 5.75 Å². The first kappa shape index (κ1) is 22.3. The van der Waals surface area contributed by atoms with Gasteiger partial charge in [-0.15, -0.1) is 0 Å². The molecule has 0 saturated carbocycles. The summed E-state index contributed by atoms with van der Waals surface area (Å²) in [5.41, 5.74) is 1.97. The molecule has 1 aliphatic heterocycles. The van der Waals surface area contributed by atoms with Crippen molar-refractivity contribution >= 4 is 11.7 Å². The molecule has 3 rings (SSSR count). The first-order valence-corrected chi connectivity index (χ1v) is 10.7. The predicted octanol–water partition coefficient (Wildman–Crippen LogP) is 4.95. The molecule has 0 saturated heterocycles. The van der Waals surface area contributed by atoms with Crippen LogP contribution < -0.4 is 4.74 Å². The Morgan fingerprint density at radius 2 is 1.97 bits per heavy atom. The number of nitrogens with zero attached hydrogens (tertiary/aromatic N) is 1. The Labute approximate surface area is 183 Å². The maximum Gasteiger partial charge on any atom is 0.290 e. The quantitative estimate of drug-likeness (QED) is 0.524. The Kier molecular flexibility index (Phi) is 7.65. The topological polar surface area (TPSA) is 66.8 Å². The molecule has 0 spiro atoms. The van der Waals surface area contributed by atoms with Crippen molar-refractivity contribution in [2.45, 2.75) is 38.6 Å². The summed E-state index contributed by atoms with van der Waals surface area (Å²) >= 11 is 0. The summed E-state index contributed by atoms with van der Waals surface area (Å²) < 4.78 is 5.64. The Morgan fingerprint density at radius 1 is 1.19 bits per heavy atom. The molecule has 1 aliphatic rings. The zero-order chi connectivity index (χ0) is 22.2. The highest BCUT2D eigenvalue weighted by molar-refractivity contribution is 6.09. The molecule has 0 aromatic heterocycles. The highest BCUT2D eigenvalue weighted by Gasteiger charge is 2.42. The minimum Gasteiger partial charge on any atom is -0.503 e. The molecule has 0 radical (unpaired) electrons. The van der Waals surface area contributed by atoms with Gasteiger partial charge in [-0.3, -0.25) is 9.59 Å². The fourth-order valence-electron chi connectivity index (χ4n) is 3.81. The van der Waals surface area contributed by atoms with Gasteiger partial charge in [0.2, 0.25) is 0 Å². The molecular formula is C26H29NO4. The molecule has 1 unspecified atom stereocenters. The number of hydrogen-bond acceptors (Lipinski definition) is 4. The molecule has 1 N–H and O–H groups in total. The van der Waals surface area contributed by atoms with Crippen LogP contribution >= 0.6 is 0 Å². The number of aliphatic hydroxyl groups excluding tert-OH is 1. The van der Waals surface area contributed by atoms with Crippen molar-refractivity contribution in [3.63, 3.8) is 0 Å². The first-order valence-electron chi connectivity index (χ1n) is 10.7. The van der Waals surface area contributed by atoms with Gasteiger partial charge in [0.05, 0.1) is 11.6 Å². The molecule has 2 aromatic rings. The normalized spacial score (nSPS) is 16.0. The number of aliphatic hydroxyl groups is 1. The number of carbonyl (C=O) groups is 2. The summed E-state index contributed by atoms with van der Waals surface area (Å²) in [5, 5.41) is 10.7. The molecule has 0 bridgehead atoms. The summed E-state index contributed by atoms with van der Waals surface area (Å²) in [6, 6.07) is 16.4. The first-order chi connectivity index (χ1) is 15.1. The SMILES string of the molecule is C=CCOc1cccc(C2C(C(=O)CCc3ccccc3)=C(O)C(=O)N2CCCC)c1. The molecule has 2 aromatic carbocycles. The maximum absolute atomic E-state index is 13.2. The summed E-state index contributed by atoms with van der Waals surface area (Å²) in [6.45, 7) is 6.53. The smallest absolute Gasteiger partial charge is 0.290 e. The average molecular weight is 420 g/mol. The van der Waals surface area contributed by atoms with E-state index in [-0.39, 0.29) is 17.8 Å². The van der Waals surface area contributed by atoms with Crippen molar-refractivity contribution in [3.8, 4) is 5.75 Å². The average Bonchev–Trinajstić information content (AvgIpc) is 3.05. The predicted molar refractivity (Wildman–Crippen MR) is 121 cm³/mol. The summed E-state index contributed by atoms with van der Waals surface area (Å²) in [5.74, 6) is -0.505. The van der Waals surface area contributed by atoms with Crippen molar-refractivity contribution < 1.29 is 19.4 Å². The molecule has 31 heavy (non-hydrogen) atoms. The number of Topliss-reactive ketones (excluding diaryl/α,β-unsaturated/α-hetero) is 1. The van der Waals surface area contributed by atoms with Crippen LogP contribution in [-0.4, -0.2) is 34.8 Å². The van der Waals surface area contributed by atoms with Crippen LogP contribution in [0.2, 0.25) is 0 Å². The van der Waals surface area contributed by atoms with Crippen molar-refractivity contribution in [2.75, 3.05) is 13.2 Å². The lowest BCUT2D eigenvalue weighted by molar-refractivity contribution is -0.129. The van der Waals surface area contributed by atoms with E-state index in [9.17, 15) is 14.7 Å². The highest BCUT2D eigenvalue weighted by Crippen LogP contribution is 2.39. The van der Waals surface area contributed by atoms with Crippen molar-refractivity contribution in [3.05, 3.63) is 89.7 Å². The number of rotatable bonds is 11. The lowest BCUT2D eigenvalue weighted by atomic mass is 9.93. The second-order valence-electron chi connectivity index (χ2n) is 7.60. The molecule has 1 heterocycles. The van der Waals surface area contributed by atoms with Gasteiger partial charge in [-0.25, -0.2) is 0 Å². The molecule has 5 heteroatoms. The lowest BCUT2D eigenvalue weighted by Gasteiger charge is -2.27. The highest BCUT2D eigenvalue weighted by atomic mass is 16.5. The number of amides is 1. The lowest BCUT2D eigenvalue weighted by Crippen LogP contribution is -2.32. The van der Waals surface area contributed by atoms with Crippen LogP contribution in [0.4, 0.5) is 0 Å². The molecule has 162 valence electrons. The minimum absolute atomic E-state index is 0.179. The van der Waals surface area contributed by atoms with E-state index in [1.165, 1.54) is 0 Å². The van der Waals surface area contributed by atoms with E-state index >= 15 is 0 Å². The van der Waals surface area contributed by atoms with Gasteiger partial charge >= 0.3 is 0 Å². The maximum atomic E-state index is 13.2. The van der Waals surface area contributed by atoms with Crippen molar-refractivity contribution in [1.82, 2.24) is 4.90 Å². The van der Waals surface area contributed by atoms with E-state index in [0.717, 1.165) is 24.0 Å². The monoisotopic (exact) mass is 419 g/mol. The minimum atomic E-state index is -0.616. The van der Waals surface area contributed by atoms with E-state index in [4.69, 9.17) is 4.74 Å². The van der Waals surface area contributed by atoms with Crippen LogP contribution in [0.1, 0.15) is 43.4 Å². The molecule has 1 atom stereocenters. The fraction of sp³-hybridized carbons (Fsp3) is 0.308. The zero-order valence-corrected chi connectivity index (χ0v) is 17.9. The summed E-state index contributed by atoms with van der Waals surface area (Å²) in [6.07, 6.45) is 4.12. The number of benzene rings is 2. The van der Waals surface area contributed by atoms with Gasteiger partial charge < -0.3 is 14.7 Å². The molecular weight excluding hydrogens is 390 g/mol. The number of hydrogen-bond donors (Lipinski definition) is 1. The van der Waals surface area contributed by atoms with Crippen molar-refractivity contribution in [2.24, 2.45) is 0 Å². The van der Waals surface area contributed by atoms with E-state index in [2.05, 4.69) is 6.58 Å². The third-order valence-electron chi connectivity index (χ3n) is 5.38. The number of carbonyl (C=O) groups excluding carboxylic acids is 2. The molecule has 0 aliphatic carbocycles. The van der Waals surface area contributed by atoms with Gasteiger partial charge in [0.1, 0.15) is 12.4 Å². The number of aryl methyl sites for hydroxylation is 1. The van der Waals surface area contributed by atoms with Crippen LogP contribution in [-0.2, 0) is 16.0 Å². The van der Waals surface area contributed by atoms with Crippen LogP contribution in [0.15, 0.2) is 78.6 Å². The van der Waals surface area contributed by atoms with E-state index in [0.29, 0.717) is 25.3 Å². The Morgan fingerprint density at radius 3 is 2.68 bits per heavy atom. The Hall–Kier alpha value is -3.34. The van der Waals surface area contributed by atoms with Crippen LogP contribution in [0.3, 0.4) is 0 Å². The Balaban J connectivity index is 1.91. The molecule has 1 amide bonds. The third-order valence-corrected chi connectivity index (χ3v) is 5.38. The van der Waals surface area contributed by atoms with Gasteiger partial charge in [-0.2, -0.15) is 0 Å². The third kappa shape index (κ3) is 5.23. The van der Waals surface area contributed by atoms with Gasteiger partial charge in [-0.05, 0) is 36.1 Å². The second kappa shape index (κ2) is 10.6. The van der Waals surface area contributed by atoms with E-state index in [1.807, 2.05) is 61.5 Å². The van der Waals surface area contributed by atoms with Gasteiger partial charge in [-0.1, -0.05) is 68.5 Å². The van der Waals surface area contributed by atoms with Gasteiger partial charge in [0.25, 0.3) is 5.91 Å². The Bertz CT molecular complexity index is 964. The zero-order valence-electron chi connectivity index (χ0n) is 17.9. The number of ether oxygens (including phenoxy) is 1. The van der Waals surface area contributed by atoms with Crippen LogP contribution in [0, 0.1) is 0 Å². The summed E-state index contributed by atoms with van der Waals surface area (Å²) in [4.78, 5) is 27.7.